The summed E-state index contributed by atoms with van der Waals surface area (Å²) in [6.45, 7) is 3.06. The molecule has 0 N–H and O–H groups in total. The molecule has 0 aromatic heterocycles. The van der Waals surface area contributed by atoms with E-state index in [2.05, 4.69) is 6.07 Å². The molecule has 1 rings (SSSR count). The summed E-state index contributed by atoms with van der Waals surface area (Å²) < 4.78 is 4.71. The Bertz CT molecular complexity index is 293. The van der Waals surface area contributed by atoms with Crippen molar-refractivity contribution >= 4 is 17.7 Å². The Labute approximate surface area is 101 Å². The number of methoxy groups -OCH3 is 1. The van der Waals surface area contributed by atoms with Gasteiger partial charge in [0.25, 0.3) is 5.91 Å². The lowest BCUT2D eigenvalue weighted by Crippen LogP contribution is -2.47. The lowest BCUT2D eigenvalue weighted by atomic mass is 9.97. The van der Waals surface area contributed by atoms with E-state index in [0.717, 1.165) is 12.8 Å². The third-order valence-corrected chi connectivity index (χ3v) is 4.46. The number of amides is 1. The summed E-state index contributed by atoms with van der Waals surface area (Å²) in [5, 5.41) is 9.12. The van der Waals surface area contributed by atoms with Gasteiger partial charge in [-0.1, -0.05) is 0 Å². The van der Waals surface area contributed by atoms with Crippen LogP contribution in [0.3, 0.4) is 0 Å². The first-order valence-corrected chi connectivity index (χ1v) is 6.59. The van der Waals surface area contributed by atoms with Gasteiger partial charge >= 0.3 is 0 Å². The number of ether oxygens (including phenoxy) is 1. The molecule has 0 bridgehead atoms. The number of carbonyl (C=O) groups excluding carboxylic acids is 1. The van der Waals surface area contributed by atoms with Gasteiger partial charge in [0.05, 0.1) is 6.07 Å². The SMILES string of the molecule is COC(C)C(=O)N1CCC(C#N)(SC)CC1. The third-order valence-electron chi connectivity index (χ3n) is 3.18. The molecule has 0 aromatic rings. The standard InChI is InChI=1S/C11H18N2O2S/c1-9(15-2)10(14)13-6-4-11(8-12,16-3)5-7-13/h9H,4-7H2,1-3H3. The van der Waals surface area contributed by atoms with Gasteiger partial charge in [-0.25, -0.2) is 0 Å². The molecule has 0 spiro atoms. The number of carbonyl (C=O) groups is 1. The highest BCUT2D eigenvalue weighted by Gasteiger charge is 2.36. The van der Waals surface area contributed by atoms with Crippen LogP contribution in [-0.4, -0.2) is 48.1 Å². The summed E-state index contributed by atoms with van der Waals surface area (Å²) in [7, 11) is 1.54. The highest BCUT2D eigenvalue weighted by Crippen LogP contribution is 2.33. The average molecular weight is 242 g/mol. The smallest absolute Gasteiger partial charge is 0.251 e. The van der Waals surface area contributed by atoms with Gasteiger partial charge in [-0.05, 0) is 26.0 Å². The van der Waals surface area contributed by atoms with Crippen molar-refractivity contribution in [2.75, 3.05) is 26.5 Å². The predicted molar refractivity (Wildman–Crippen MR) is 64.1 cm³/mol. The molecule has 5 heteroatoms. The minimum Gasteiger partial charge on any atom is -0.372 e. The lowest BCUT2D eigenvalue weighted by molar-refractivity contribution is -0.141. The normalized spacial score (nSPS) is 21.2. The van der Waals surface area contributed by atoms with E-state index in [1.54, 1.807) is 23.6 Å². The Morgan fingerprint density at radius 2 is 2.12 bits per heavy atom. The maximum Gasteiger partial charge on any atom is 0.251 e. The van der Waals surface area contributed by atoms with Crippen LogP contribution in [0.15, 0.2) is 0 Å². The van der Waals surface area contributed by atoms with E-state index in [1.807, 2.05) is 6.26 Å². The molecule has 0 radical (unpaired) electrons. The van der Waals surface area contributed by atoms with Crippen molar-refractivity contribution in [3.63, 3.8) is 0 Å². The van der Waals surface area contributed by atoms with Crippen LogP contribution in [0.2, 0.25) is 0 Å². The maximum absolute atomic E-state index is 11.8. The van der Waals surface area contributed by atoms with Crippen molar-refractivity contribution in [1.29, 1.82) is 5.26 Å². The van der Waals surface area contributed by atoms with E-state index >= 15 is 0 Å². The first kappa shape index (κ1) is 13.3. The highest BCUT2D eigenvalue weighted by atomic mass is 32.2. The van der Waals surface area contributed by atoms with Gasteiger partial charge in [-0.3, -0.25) is 4.79 Å². The summed E-state index contributed by atoms with van der Waals surface area (Å²) in [5.74, 6) is 0.0233. The summed E-state index contributed by atoms with van der Waals surface area (Å²) in [4.78, 5) is 13.6. The zero-order chi connectivity index (χ0) is 12.2. The topological polar surface area (TPSA) is 53.3 Å². The van der Waals surface area contributed by atoms with Gasteiger partial charge in [0, 0.05) is 20.2 Å². The number of nitriles is 1. The number of rotatable bonds is 3. The van der Waals surface area contributed by atoms with Gasteiger partial charge < -0.3 is 9.64 Å². The molecular formula is C11H18N2O2S. The number of hydrogen-bond acceptors (Lipinski definition) is 4. The van der Waals surface area contributed by atoms with E-state index in [4.69, 9.17) is 10.00 Å². The van der Waals surface area contributed by atoms with Crippen LogP contribution in [0.5, 0.6) is 0 Å². The average Bonchev–Trinajstić information content (AvgIpc) is 2.37. The maximum atomic E-state index is 11.8. The summed E-state index contributed by atoms with van der Waals surface area (Å²) in [6.07, 6.45) is 3.06. The molecule has 4 nitrogen and oxygen atoms in total. The second-order valence-corrected chi connectivity index (χ2v) is 5.20. The first-order valence-electron chi connectivity index (χ1n) is 5.36. The van der Waals surface area contributed by atoms with E-state index < -0.39 is 0 Å². The van der Waals surface area contributed by atoms with Gasteiger partial charge in [-0.2, -0.15) is 5.26 Å². The predicted octanol–water partition coefficient (Wildman–Crippen LogP) is 1.27. The minimum atomic E-state index is -0.385. The number of likely N-dealkylation sites (tertiary alicyclic amines) is 1. The van der Waals surface area contributed by atoms with E-state index in [0.29, 0.717) is 13.1 Å². The van der Waals surface area contributed by atoms with E-state index in [9.17, 15) is 4.79 Å². The third kappa shape index (κ3) is 2.69. The molecule has 0 aromatic carbocycles. The quantitative estimate of drug-likeness (QED) is 0.748. The van der Waals surface area contributed by atoms with Crippen LogP contribution in [-0.2, 0) is 9.53 Å². The highest BCUT2D eigenvalue weighted by molar-refractivity contribution is 8.00. The molecule has 90 valence electrons. The van der Waals surface area contributed by atoms with Crippen LogP contribution in [0.1, 0.15) is 19.8 Å². The van der Waals surface area contributed by atoms with Gasteiger partial charge in [0.2, 0.25) is 0 Å². The summed E-state index contributed by atoms with van der Waals surface area (Å²) >= 11 is 1.59. The Morgan fingerprint density at radius 1 is 1.56 bits per heavy atom. The van der Waals surface area contributed by atoms with Crippen LogP contribution >= 0.6 is 11.8 Å². The Kier molecular flexibility index (Phi) is 4.63. The summed E-state index contributed by atoms with van der Waals surface area (Å²) in [5.41, 5.74) is 0. The fourth-order valence-electron chi connectivity index (χ4n) is 1.81. The van der Waals surface area contributed by atoms with Crippen LogP contribution in [0.4, 0.5) is 0 Å². The van der Waals surface area contributed by atoms with Crippen molar-refractivity contribution < 1.29 is 9.53 Å². The summed E-state index contributed by atoms with van der Waals surface area (Å²) in [6, 6.07) is 2.36. The first-order chi connectivity index (χ1) is 7.58. The number of nitrogens with zero attached hydrogens (tertiary/aromatic N) is 2. The molecule has 1 aliphatic rings. The molecule has 1 fully saturated rings. The van der Waals surface area contributed by atoms with Crippen LogP contribution in [0, 0.1) is 11.3 Å². The molecule has 1 heterocycles. The number of hydrogen-bond donors (Lipinski definition) is 0. The fraction of sp³-hybridized carbons (Fsp3) is 0.818. The molecule has 1 atom stereocenters. The minimum absolute atomic E-state index is 0.0233. The fourth-order valence-corrected chi connectivity index (χ4v) is 2.49. The van der Waals surface area contributed by atoms with Crippen molar-refractivity contribution in [3.05, 3.63) is 0 Å². The molecule has 1 saturated heterocycles. The molecule has 1 aliphatic heterocycles. The molecule has 16 heavy (non-hydrogen) atoms. The monoisotopic (exact) mass is 242 g/mol. The van der Waals surface area contributed by atoms with E-state index in [-0.39, 0.29) is 16.8 Å². The molecule has 1 amide bonds. The Balaban J connectivity index is 2.56. The second kappa shape index (κ2) is 5.55. The molecule has 0 saturated carbocycles. The van der Waals surface area contributed by atoms with Crippen molar-refractivity contribution in [1.82, 2.24) is 4.90 Å². The van der Waals surface area contributed by atoms with Crippen LogP contribution in [0.25, 0.3) is 0 Å². The van der Waals surface area contributed by atoms with Crippen molar-refractivity contribution in [2.45, 2.75) is 30.6 Å². The van der Waals surface area contributed by atoms with Crippen LogP contribution < -0.4 is 0 Å². The number of thioether (sulfide) groups is 1. The van der Waals surface area contributed by atoms with Crippen molar-refractivity contribution in [3.8, 4) is 6.07 Å². The number of piperidine rings is 1. The molecule has 1 unspecified atom stereocenters. The van der Waals surface area contributed by atoms with Gasteiger partial charge in [0.15, 0.2) is 0 Å². The Morgan fingerprint density at radius 3 is 2.50 bits per heavy atom. The molecule has 0 aliphatic carbocycles. The zero-order valence-electron chi connectivity index (χ0n) is 10.0. The van der Waals surface area contributed by atoms with Gasteiger partial charge in [-0.15, -0.1) is 11.8 Å². The zero-order valence-corrected chi connectivity index (χ0v) is 10.8. The van der Waals surface area contributed by atoms with Crippen molar-refractivity contribution in [2.24, 2.45) is 0 Å². The van der Waals surface area contributed by atoms with Gasteiger partial charge in [0.1, 0.15) is 10.9 Å². The Hall–Kier alpha value is -0.730. The second-order valence-electron chi connectivity index (χ2n) is 4.01. The largest absolute Gasteiger partial charge is 0.372 e. The van der Waals surface area contributed by atoms with E-state index in [1.165, 1.54) is 7.11 Å². The lowest BCUT2D eigenvalue weighted by Gasteiger charge is -2.37. The molecular weight excluding hydrogens is 224 g/mol.